The smallest absolute Gasteiger partial charge is 0.0158 e. The van der Waals surface area contributed by atoms with Crippen LogP contribution in [0.5, 0.6) is 0 Å². The van der Waals surface area contributed by atoms with Crippen molar-refractivity contribution in [2.45, 2.75) is 20.8 Å². The second-order valence-corrected chi connectivity index (χ2v) is 3.69. The van der Waals surface area contributed by atoms with Crippen LogP contribution in [0.4, 0.5) is 0 Å². The molecule has 0 fully saturated rings. The van der Waals surface area contributed by atoms with Gasteiger partial charge in [0.2, 0.25) is 0 Å². The van der Waals surface area contributed by atoms with Crippen LogP contribution >= 0.6 is 0 Å². The van der Waals surface area contributed by atoms with Crippen LogP contribution in [0.2, 0.25) is 0 Å². The highest BCUT2D eigenvalue weighted by atomic mass is 14.3. The molecule has 0 aromatic heterocycles. The van der Waals surface area contributed by atoms with Gasteiger partial charge in [-0.05, 0) is 12.5 Å². The van der Waals surface area contributed by atoms with Crippen LogP contribution in [0.3, 0.4) is 0 Å². The topological polar surface area (TPSA) is 47.7 Å². The zero-order valence-electron chi connectivity index (χ0n) is 9.75. The minimum absolute atomic E-state index is 0.0989. The van der Waals surface area contributed by atoms with E-state index in [0.29, 0.717) is 0 Å². The molecular weight excluding hydrogens is 184 g/mol. The van der Waals surface area contributed by atoms with E-state index >= 15 is 0 Å². The summed E-state index contributed by atoms with van der Waals surface area (Å²) in [5, 5.41) is 14.3. The van der Waals surface area contributed by atoms with Crippen LogP contribution in [0.25, 0.3) is 0 Å². The van der Waals surface area contributed by atoms with Crippen molar-refractivity contribution >= 4 is 12.4 Å². The first kappa shape index (κ1) is 13.6. The molecule has 0 radical (unpaired) electrons. The summed E-state index contributed by atoms with van der Waals surface area (Å²) in [5.41, 5.74) is 2.17. The molecule has 2 N–H and O–H groups in total. The van der Waals surface area contributed by atoms with Crippen LogP contribution in [-0.2, 0) is 0 Å². The quantitative estimate of drug-likeness (QED) is 0.490. The highest BCUT2D eigenvalue weighted by Gasteiger charge is 2.01. The minimum atomic E-state index is 0.0989. The Morgan fingerprint density at radius 3 is 2.00 bits per heavy atom. The first-order valence-electron chi connectivity index (χ1n) is 5.08. The van der Waals surface area contributed by atoms with Gasteiger partial charge < -0.3 is 10.8 Å². The van der Waals surface area contributed by atoms with Crippen molar-refractivity contribution < 1.29 is 0 Å². The standard InChI is InChI=1S/C13H20N2/c1-5-13(12(4)9-15)7-6-10(2)11(3)8-14/h5-9,11-12,14-15H,1H2,2-4H3/b10-6+,13-7+,14-8?,15-9?. The molecule has 82 valence electrons. The van der Waals surface area contributed by atoms with E-state index in [9.17, 15) is 0 Å². The zero-order valence-corrected chi connectivity index (χ0v) is 9.75. The third-order valence-electron chi connectivity index (χ3n) is 2.52. The van der Waals surface area contributed by atoms with Gasteiger partial charge in [0.15, 0.2) is 0 Å². The first-order valence-corrected chi connectivity index (χ1v) is 5.08. The predicted molar refractivity (Wildman–Crippen MR) is 67.9 cm³/mol. The SMILES string of the molecule is C=C/C(=C\C=C(/C)C(C)C=N)C(C)C=N. The second kappa shape index (κ2) is 6.93. The lowest BCUT2D eigenvalue weighted by Crippen LogP contribution is -1.98. The number of allylic oxidation sites excluding steroid dienone is 5. The Balaban J connectivity index is 4.79. The third kappa shape index (κ3) is 4.54. The summed E-state index contributed by atoms with van der Waals surface area (Å²) >= 11 is 0. The lowest BCUT2D eigenvalue weighted by molar-refractivity contribution is 0.925. The predicted octanol–water partition coefficient (Wildman–Crippen LogP) is 3.62. The maximum absolute atomic E-state index is 7.18. The highest BCUT2D eigenvalue weighted by molar-refractivity contribution is 5.63. The molecule has 0 heterocycles. The van der Waals surface area contributed by atoms with Gasteiger partial charge in [-0.25, -0.2) is 0 Å². The Labute approximate surface area is 92.4 Å². The van der Waals surface area contributed by atoms with Crippen molar-refractivity contribution in [2.24, 2.45) is 11.8 Å². The number of rotatable bonds is 6. The molecule has 2 nitrogen and oxygen atoms in total. The molecule has 0 aliphatic heterocycles. The van der Waals surface area contributed by atoms with Crippen molar-refractivity contribution in [1.29, 1.82) is 10.8 Å². The molecule has 0 spiro atoms. The van der Waals surface area contributed by atoms with Crippen molar-refractivity contribution in [3.63, 3.8) is 0 Å². The summed E-state index contributed by atoms with van der Waals surface area (Å²) in [6.07, 6.45) is 8.56. The molecule has 0 aromatic carbocycles. The fourth-order valence-corrected chi connectivity index (χ4v) is 1.01. The third-order valence-corrected chi connectivity index (χ3v) is 2.52. The summed E-state index contributed by atoms with van der Waals surface area (Å²) in [6, 6.07) is 0. The summed E-state index contributed by atoms with van der Waals surface area (Å²) in [5.74, 6) is 0.268. The van der Waals surface area contributed by atoms with E-state index in [2.05, 4.69) is 6.58 Å². The molecule has 0 saturated carbocycles. The normalized spacial score (nSPS) is 16.7. The maximum atomic E-state index is 7.18. The molecule has 2 heteroatoms. The van der Waals surface area contributed by atoms with Crippen molar-refractivity contribution in [2.75, 3.05) is 0 Å². The lowest BCUT2D eigenvalue weighted by atomic mass is 9.99. The van der Waals surface area contributed by atoms with Gasteiger partial charge in [-0.2, -0.15) is 0 Å². The molecule has 15 heavy (non-hydrogen) atoms. The second-order valence-electron chi connectivity index (χ2n) is 3.69. The van der Waals surface area contributed by atoms with Gasteiger partial charge in [0.1, 0.15) is 0 Å². The Morgan fingerprint density at radius 2 is 1.60 bits per heavy atom. The number of hydrogen-bond donors (Lipinski definition) is 2. The van der Waals surface area contributed by atoms with Gasteiger partial charge in [0.05, 0.1) is 0 Å². The van der Waals surface area contributed by atoms with Crippen molar-refractivity contribution in [3.8, 4) is 0 Å². The van der Waals surface area contributed by atoms with Gasteiger partial charge in [-0.3, -0.25) is 0 Å². The first-order chi connectivity index (χ1) is 7.06. The fraction of sp³-hybridized carbons (Fsp3) is 0.385. The average molecular weight is 204 g/mol. The molecular formula is C13H20N2. The van der Waals surface area contributed by atoms with Crippen molar-refractivity contribution in [3.05, 3.63) is 36.0 Å². The van der Waals surface area contributed by atoms with Crippen LogP contribution in [0, 0.1) is 22.7 Å². The lowest BCUT2D eigenvalue weighted by Gasteiger charge is -2.06. The number of nitrogens with one attached hydrogen (secondary N) is 2. The Kier molecular flexibility index (Phi) is 6.27. The minimum Gasteiger partial charge on any atom is -0.312 e. The summed E-state index contributed by atoms with van der Waals surface area (Å²) < 4.78 is 0. The van der Waals surface area contributed by atoms with E-state index in [1.165, 1.54) is 12.4 Å². The van der Waals surface area contributed by atoms with Crippen LogP contribution in [-0.4, -0.2) is 12.4 Å². The van der Waals surface area contributed by atoms with Crippen LogP contribution in [0.15, 0.2) is 36.0 Å². The molecule has 2 unspecified atom stereocenters. The number of hydrogen-bond acceptors (Lipinski definition) is 2. The van der Waals surface area contributed by atoms with Crippen LogP contribution in [0.1, 0.15) is 20.8 Å². The maximum Gasteiger partial charge on any atom is 0.0158 e. The monoisotopic (exact) mass is 204 g/mol. The largest absolute Gasteiger partial charge is 0.312 e. The van der Waals surface area contributed by atoms with Gasteiger partial charge in [0.25, 0.3) is 0 Å². The molecule has 0 aliphatic carbocycles. The van der Waals surface area contributed by atoms with E-state index in [1.807, 2.05) is 32.9 Å². The van der Waals surface area contributed by atoms with E-state index in [0.717, 1.165) is 11.1 Å². The van der Waals surface area contributed by atoms with E-state index in [1.54, 1.807) is 6.08 Å². The van der Waals surface area contributed by atoms with Crippen LogP contribution < -0.4 is 0 Å². The Morgan fingerprint density at radius 1 is 1.07 bits per heavy atom. The molecule has 0 bridgehead atoms. The van der Waals surface area contributed by atoms with Gasteiger partial charge >= 0.3 is 0 Å². The Hall–Kier alpha value is -1.44. The molecule has 0 amide bonds. The summed E-state index contributed by atoms with van der Waals surface area (Å²) in [7, 11) is 0. The molecule has 0 aromatic rings. The van der Waals surface area contributed by atoms with E-state index in [4.69, 9.17) is 10.8 Å². The highest BCUT2D eigenvalue weighted by Crippen LogP contribution is 2.12. The summed E-state index contributed by atoms with van der Waals surface area (Å²) in [6.45, 7) is 9.68. The van der Waals surface area contributed by atoms with Gasteiger partial charge in [0, 0.05) is 24.3 Å². The summed E-state index contributed by atoms with van der Waals surface area (Å²) in [4.78, 5) is 0. The average Bonchev–Trinajstić information content (AvgIpc) is 2.27. The molecule has 2 atom stereocenters. The Bertz CT molecular complexity index is 298. The zero-order chi connectivity index (χ0) is 11.8. The molecule has 0 aliphatic rings. The fourth-order valence-electron chi connectivity index (χ4n) is 1.01. The van der Waals surface area contributed by atoms with Crippen molar-refractivity contribution in [1.82, 2.24) is 0 Å². The van der Waals surface area contributed by atoms with Gasteiger partial charge in [-0.1, -0.05) is 44.2 Å². The molecule has 0 rings (SSSR count). The van der Waals surface area contributed by atoms with E-state index in [-0.39, 0.29) is 11.8 Å². The van der Waals surface area contributed by atoms with E-state index < -0.39 is 0 Å². The molecule has 0 saturated heterocycles. The van der Waals surface area contributed by atoms with Gasteiger partial charge in [-0.15, -0.1) is 0 Å².